The topological polar surface area (TPSA) is 81.1 Å². The molecule has 0 bridgehead atoms. The average Bonchev–Trinajstić information content (AvgIpc) is 2.51. The van der Waals surface area contributed by atoms with E-state index in [1.54, 1.807) is 48.5 Å². The van der Waals surface area contributed by atoms with Crippen LogP contribution in [0, 0.1) is 0 Å². The van der Waals surface area contributed by atoms with E-state index in [-0.39, 0.29) is 11.4 Å². The summed E-state index contributed by atoms with van der Waals surface area (Å²) in [5.74, 6) is 5.89. The lowest BCUT2D eigenvalue weighted by Crippen LogP contribution is -2.33. The molecule has 20 heavy (non-hydrogen) atoms. The van der Waals surface area contributed by atoms with E-state index in [4.69, 9.17) is 5.84 Å². The Hall–Kier alpha value is -2.66. The van der Waals surface area contributed by atoms with Crippen molar-refractivity contribution in [3.63, 3.8) is 0 Å². The Morgan fingerprint density at radius 3 is 2.45 bits per heavy atom. The number of para-hydroxylation sites is 1. The van der Waals surface area contributed by atoms with Gasteiger partial charge < -0.3 is 10.9 Å². The largest absolute Gasteiger partial charge is 0.380 e. The maximum atomic E-state index is 12.2. The van der Waals surface area contributed by atoms with E-state index in [1.165, 1.54) is 0 Å². The fraction of sp³-hybridized carbons (Fsp3) is 0.0667. The molecule has 1 atom stereocenters. The van der Waals surface area contributed by atoms with Crippen LogP contribution in [0.25, 0.3) is 10.9 Å². The van der Waals surface area contributed by atoms with Crippen LogP contribution in [0.5, 0.6) is 0 Å². The molecule has 0 spiro atoms. The zero-order valence-electron chi connectivity index (χ0n) is 10.6. The Labute approximate surface area is 114 Å². The lowest BCUT2D eigenvalue weighted by Gasteiger charge is -2.14. The molecule has 3 N–H and O–H groups in total. The Bertz CT molecular complexity index is 812. The summed E-state index contributed by atoms with van der Waals surface area (Å²) in [6.45, 7) is 0. The van der Waals surface area contributed by atoms with Gasteiger partial charge in [0.2, 0.25) is 0 Å². The highest BCUT2D eigenvalue weighted by Gasteiger charge is 2.18. The first-order chi connectivity index (χ1) is 9.68. The van der Waals surface area contributed by atoms with Crippen LogP contribution in [0.4, 0.5) is 0 Å². The van der Waals surface area contributed by atoms with E-state index in [2.05, 4.69) is 4.98 Å². The molecule has 0 aliphatic carbocycles. The molecule has 0 amide bonds. The van der Waals surface area contributed by atoms with E-state index >= 15 is 0 Å². The second kappa shape index (κ2) is 4.79. The SMILES string of the molecule is Nn1c([C@@H](O)c2ccccc2)nc2ccccc2c1=O. The quantitative estimate of drug-likeness (QED) is 0.683. The summed E-state index contributed by atoms with van der Waals surface area (Å²) in [4.78, 5) is 16.5. The molecule has 2 aromatic carbocycles. The number of aliphatic hydroxyl groups excluding tert-OH is 1. The molecule has 0 fully saturated rings. The van der Waals surface area contributed by atoms with E-state index < -0.39 is 6.10 Å². The third kappa shape index (κ3) is 1.94. The molecule has 0 unspecified atom stereocenters. The normalized spacial score (nSPS) is 12.4. The molecule has 100 valence electrons. The molecule has 3 rings (SSSR count). The molecule has 0 saturated carbocycles. The standard InChI is InChI=1S/C15H13N3O2/c16-18-14(13(19)10-6-2-1-3-7-10)17-12-9-5-4-8-11(12)15(18)20/h1-9,13,19H,16H2/t13-/m0/s1. The van der Waals surface area contributed by atoms with Crippen LogP contribution in [0.1, 0.15) is 17.5 Å². The van der Waals surface area contributed by atoms with Gasteiger partial charge in [0.15, 0.2) is 5.82 Å². The van der Waals surface area contributed by atoms with Crippen molar-refractivity contribution in [2.45, 2.75) is 6.10 Å². The minimum absolute atomic E-state index is 0.125. The van der Waals surface area contributed by atoms with E-state index in [9.17, 15) is 9.90 Å². The monoisotopic (exact) mass is 267 g/mol. The summed E-state index contributed by atoms with van der Waals surface area (Å²) >= 11 is 0. The van der Waals surface area contributed by atoms with Crippen molar-refractivity contribution in [2.24, 2.45) is 0 Å². The summed E-state index contributed by atoms with van der Waals surface area (Å²) in [5, 5.41) is 10.8. The first-order valence-electron chi connectivity index (χ1n) is 6.18. The van der Waals surface area contributed by atoms with Crippen molar-refractivity contribution < 1.29 is 5.11 Å². The van der Waals surface area contributed by atoms with Gasteiger partial charge in [-0.25, -0.2) is 9.66 Å². The van der Waals surface area contributed by atoms with Crippen LogP contribution in [0.15, 0.2) is 59.4 Å². The molecule has 0 saturated heterocycles. The van der Waals surface area contributed by atoms with Crippen molar-refractivity contribution in [1.29, 1.82) is 0 Å². The van der Waals surface area contributed by atoms with Crippen molar-refractivity contribution in [3.8, 4) is 0 Å². The predicted octanol–water partition coefficient (Wildman–Crippen LogP) is 1.19. The van der Waals surface area contributed by atoms with Crippen molar-refractivity contribution >= 4 is 10.9 Å². The van der Waals surface area contributed by atoms with Crippen LogP contribution < -0.4 is 11.4 Å². The van der Waals surface area contributed by atoms with Crippen LogP contribution in [-0.2, 0) is 0 Å². The maximum Gasteiger partial charge on any atom is 0.279 e. The van der Waals surface area contributed by atoms with Gasteiger partial charge in [-0.15, -0.1) is 0 Å². The number of nitrogens with zero attached hydrogens (tertiary/aromatic N) is 2. The molecule has 3 aromatic rings. The molecular weight excluding hydrogens is 254 g/mol. The summed E-state index contributed by atoms with van der Waals surface area (Å²) in [6.07, 6.45) is -1.04. The van der Waals surface area contributed by atoms with E-state index in [0.29, 0.717) is 16.5 Å². The molecule has 5 nitrogen and oxygen atoms in total. The lowest BCUT2D eigenvalue weighted by molar-refractivity contribution is 0.205. The highest BCUT2D eigenvalue weighted by molar-refractivity contribution is 5.77. The highest BCUT2D eigenvalue weighted by Crippen LogP contribution is 2.19. The molecule has 5 heteroatoms. The Balaban J connectivity index is 2.22. The van der Waals surface area contributed by atoms with Gasteiger partial charge in [-0.05, 0) is 17.7 Å². The summed E-state index contributed by atoms with van der Waals surface area (Å²) < 4.78 is 0.903. The van der Waals surface area contributed by atoms with Gasteiger partial charge in [0.1, 0.15) is 6.10 Å². The number of rotatable bonds is 2. The second-order valence-corrected chi connectivity index (χ2v) is 4.48. The molecule has 0 radical (unpaired) electrons. The zero-order valence-corrected chi connectivity index (χ0v) is 10.6. The Morgan fingerprint density at radius 2 is 1.70 bits per heavy atom. The van der Waals surface area contributed by atoms with Gasteiger partial charge in [0.25, 0.3) is 5.56 Å². The summed E-state index contributed by atoms with van der Waals surface area (Å²) in [6, 6.07) is 15.9. The maximum absolute atomic E-state index is 12.2. The van der Waals surface area contributed by atoms with Crippen LogP contribution in [0.2, 0.25) is 0 Å². The Kier molecular flexibility index (Phi) is 2.96. The molecule has 0 aliphatic heterocycles. The van der Waals surface area contributed by atoms with Gasteiger partial charge in [0, 0.05) is 0 Å². The lowest BCUT2D eigenvalue weighted by atomic mass is 10.1. The molecule has 1 aromatic heterocycles. The van der Waals surface area contributed by atoms with Crippen LogP contribution in [-0.4, -0.2) is 14.8 Å². The molecule has 1 heterocycles. The van der Waals surface area contributed by atoms with Crippen molar-refractivity contribution in [1.82, 2.24) is 9.66 Å². The molecule has 0 aliphatic rings. The van der Waals surface area contributed by atoms with E-state index in [1.807, 2.05) is 6.07 Å². The third-order valence-corrected chi connectivity index (χ3v) is 3.19. The fourth-order valence-corrected chi connectivity index (χ4v) is 2.14. The molecular formula is C15H13N3O2. The van der Waals surface area contributed by atoms with Crippen molar-refractivity contribution in [3.05, 3.63) is 76.3 Å². The third-order valence-electron chi connectivity index (χ3n) is 3.19. The predicted molar refractivity (Wildman–Crippen MR) is 76.7 cm³/mol. The minimum atomic E-state index is -1.04. The first kappa shape index (κ1) is 12.4. The number of nitrogen functional groups attached to an aromatic ring is 1. The highest BCUT2D eigenvalue weighted by atomic mass is 16.3. The van der Waals surface area contributed by atoms with Gasteiger partial charge in [-0.1, -0.05) is 42.5 Å². The van der Waals surface area contributed by atoms with Gasteiger partial charge in [-0.3, -0.25) is 4.79 Å². The number of hydrogen-bond acceptors (Lipinski definition) is 4. The average molecular weight is 267 g/mol. The number of benzene rings is 2. The van der Waals surface area contributed by atoms with Crippen LogP contribution >= 0.6 is 0 Å². The first-order valence-corrected chi connectivity index (χ1v) is 6.18. The van der Waals surface area contributed by atoms with Gasteiger partial charge in [0.05, 0.1) is 10.9 Å². The number of hydrogen-bond donors (Lipinski definition) is 2. The number of aromatic nitrogens is 2. The van der Waals surface area contributed by atoms with Gasteiger partial charge >= 0.3 is 0 Å². The minimum Gasteiger partial charge on any atom is -0.380 e. The van der Waals surface area contributed by atoms with E-state index in [0.717, 1.165) is 4.68 Å². The number of nitrogens with two attached hydrogens (primary N) is 1. The van der Waals surface area contributed by atoms with Gasteiger partial charge in [-0.2, -0.15) is 0 Å². The summed E-state index contributed by atoms with van der Waals surface area (Å²) in [5.41, 5.74) is 0.777. The zero-order chi connectivity index (χ0) is 14.1. The fourth-order valence-electron chi connectivity index (χ4n) is 2.14. The number of aliphatic hydroxyl groups is 1. The Morgan fingerprint density at radius 1 is 1.05 bits per heavy atom. The van der Waals surface area contributed by atoms with Crippen molar-refractivity contribution in [2.75, 3.05) is 5.84 Å². The number of fused-ring (bicyclic) bond motifs is 1. The summed E-state index contributed by atoms with van der Waals surface area (Å²) in [7, 11) is 0. The van der Waals surface area contributed by atoms with Crippen LogP contribution in [0.3, 0.4) is 0 Å². The smallest absolute Gasteiger partial charge is 0.279 e. The second-order valence-electron chi connectivity index (χ2n) is 4.48.